The lowest BCUT2D eigenvalue weighted by Gasteiger charge is -2.06. The van der Waals surface area contributed by atoms with Crippen LogP contribution in [0.1, 0.15) is 61.8 Å². The second-order valence-corrected chi connectivity index (χ2v) is 8.88. The topological polar surface area (TPSA) is 53.8 Å². The Morgan fingerprint density at radius 3 is 2.41 bits per heavy atom. The van der Waals surface area contributed by atoms with Crippen LogP contribution in [0.3, 0.4) is 0 Å². The van der Waals surface area contributed by atoms with Crippen LogP contribution < -0.4 is 5.32 Å². The van der Waals surface area contributed by atoms with Gasteiger partial charge in [-0.05, 0) is 47.4 Å². The van der Waals surface area contributed by atoms with Crippen molar-refractivity contribution in [3.8, 4) is 0 Å². The number of thioether (sulfide) groups is 1. The highest BCUT2D eigenvalue weighted by Gasteiger charge is 2.30. The number of nitrogens with one attached hydrogen (secondary N) is 1. The van der Waals surface area contributed by atoms with Crippen molar-refractivity contribution in [3.05, 3.63) is 70.8 Å². The minimum absolute atomic E-state index is 0.000274. The van der Waals surface area contributed by atoms with Crippen LogP contribution in [0.15, 0.2) is 58.7 Å². The van der Waals surface area contributed by atoms with E-state index in [9.17, 15) is 4.79 Å². The molecule has 1 atom stereocenters. The molecule has 3 rings (SSSR count). The monoisotopic (exact) mass is 407 g/mol. The molecule has 1 fully saturated rings. The van der Waals surface area contributed by atoms with Crippen molar-refractivity contribution in [2.45, 2.75) is 57.6 Å². The van der Waals surface area contributed by atoms with Gasteiger partial charge in [-0.3, -0.25) is 4.79 Å². The fourth-order valence-corrected chi connectivity index (χ4v) is 4.10. The molecule has 1 saturated heterocycles. The number of nitrogens with zero attached hydrogens (tertiary/aromatic N) is 2. The standard InChI is InChI=1S/C24H29N3OS/c1-4-5-6-18-7-9-19(10-8-18)15-22-23(28)26-24(29-22)27-25-16-20-11-13-21(14-12-20)17(2)3/h7-14,16-17,22H,4-6,15H2,1-3H3,(H,26,27,28)/b25-16-/t22-/m0/s1. The Morgan fingerprint density at radius 2 is 1.76 bits per heavy atom. The lowest BCUT2D eigenvalue weighted by molar-refractivity contribution is -0.118. The molecule has 152 valence electrons. The summed E-state index contributed by atoms with van der Waals surface area (Å²) in [5.74, 6) is 0.510. The summed E-state index contributed by atoms with van der Waals surface area (Å²) >= 11 is 1.45. The van der Waals surface area contributed by atoms with Gasteiger partial charge in [-0.15, -0.1) is 5.10 Å². The summed E-state index contributed by atoms with van der Waals surface area (Å²) in [7, 11) is 0. The third-order valence-electron chi connectivity index (χ3n) is 5.00. The Balaban J connectivity index is 1.55. The third-order valence-corrected chi connectivity index (χ3v) is 6.07. The summed E-state index contributed by atoms with van der Waals surface area (Å²) in [6, 6.07) is 16.9. The van der Waals surface area contributed by atoms with E-state index in [1.165, 1.54) is 41.3 Å². The van der Waals surface area contributed by atoms with E-state index < -0.39 is 0 Å². The van der Waals surface area contributed by atoms with E-state index in [1.54, 1.807) is 6.21 Å². The summed E-state index contributed by atoms with van der Waals surface area (Å²) in [4.78, 5) is 12.3. The molecule has 2 aromatic rings. The van der Waals surface area contributed by atoms with Gasteiger partial charge in [0.25, 0.3) is 0 Å². The quantitative estimate of drug-likeness (QED) is 0.476. The van der Waals surface area contributed by atoms with Crippen molar-refractivity contribution in [3.63, 3.8) is 0 Å². The van der Waals surface area contributed by atoms with Crippen molar-refractivity contribution >= 4 is 29.1 Å². The Labute approximate surface area is 177 Å². The zero-order chi connectivity index (χ0) is 20.6. The van der Waals surface area contributed by atoms with Crippen LogP contribution >= 0.6 is 11.8 Å². The number of aryl methyl sites for hydroxylation is 1. The average Bonchev–Trinajstić information content (AvgIpc) is 3.07. The summed E-state index contributed by atoms with van der Waals surface area (Å²) in [5, 5.41) is 11.6. The maximum Gasteiger partial charge on any atom is 0.239 e. The summed E-state index contributed by atoms with van der Waals surface area (Å²) < 4.78 is 0. The van der Waals surface area contributed by atoms with E-state index >= 15 is 0 Å². The van der Waals surface area contributed by atoms with E-state index in [4.69, 9.17) is 0 Å². The second-order valence-electron chi connectivity index (χ2n) is 7.69. The van der Waals surface area contributed by atoms with Crippen molar-refractivity contribution in [1.82, 2.24) is 5.32 Å². The molecular formula is C24H29N3OS. The van der Waals surface area contributed by atoms with Gasteiger partial charge >= 0.3 is 0 Å². The van der Waals surface area contributed by atoms with Gasteiger partial charge in [-0.25, -0.2) is 0 Å². The van der Waals surface area contributed by atoms with E-state index in [0.717, 1.165) is 12.0 Å². The lowest BCUT2D eigenvalue weighted by Crippen LogP contribution is -2.25. The van der Waals surface area contributed by atoms with Gasteiger partial charge in [-0.1, -0.05) is 87.5 Å². The van der Waals surface area contributed by atoms with Crippen LogP contribution in [0.5, 0.6) is 0 Å². The molecule has 1 N–H and O–H groups in total. The number of unbranched alkanes of at least 4 members (excludes halogenated alkanes) is 1. The number of amides is 1. The molecule has 0 aliphatic carbocycles. The van der Waals surface area contributed by atoms with E-state index in [0.29, 0.717) is 17.5 Å². The number of rotatable bonds is 8. The van der Waals surface area contributed by atoms with Gasteiger partial charge < -0.3 is 5.32 Å². The number of benzene rings is 2. The van der Waals surface area contributed by atoms with Crippen molar-refractivity contribution < 1.29 is 4.79 Å². The number of hydrogen-bond donors (Lipinski definition) is 1. The Morgan fingerprint density at radius 1 is 1.07 bits per heavy atom. The van der Waals surface area contributed by atoms with Crippen LogP contribution in [-0.2, 0) is 17.6 Å². The van der Waals surface area contributed by atoms with Crippen LogP contribution in [0.4, 0.5) is 0 Å². The summed E-state index contributed by atoms with van der Waals surface area (Å²) in [5.41, 5.74) is 4.83. The van der Waals surface area contributed by atoms with Gasteiger partial charge in [0.2, 0.25) is 5.91 Å². The molecule has 0 unspecified atom stereocenters. The average molecular weight is 408 g/mol. The minimum atomic E-state index is -0.157. The fraction of sp³-hybridized carbons (Fsp3) is 0.375. The summed E-state index contributed by atoms with van der Waals surface area (Å²) in [6.45, 7) is 6.55. The predicted octanol–water partition coefficient (Wildman–Crippen LogP) is 5.32. The molecule has 1 aliphatic heterocycles. The highest BCUT2D eigenvalue weighted by atomic mass is 32.2. The van der Waals surface area contributed by atoms with Crippen molar-refractivity contribution in [2.24, 2.45) is 10.2 Å². The first kappa shape index (κ1) is 21.3. The number of carbonyl (C=O) groups is 1. The smallest absolute Gasteiger partial charge is 0.239 e. The molecule has 1 amide bonds. The van der Waals surface area contributed by atoms with Crippen LogP contribution in [-0.4, -0.2) is 22.5 Å². The van der Waals surface area contributed by atoms with Crippen molar-refractivity contribution in [1.29, 1.82) is 0 Å². The molecule has 0 aromatic heterocycles. The van der Waals surface area contributed by atoms with Crippen LogP contribution in [0.25, 0.3) is 0 Å². The molecule has 1 heterocycles. The van der Waals surface area contributed by atoms with Gasteiger partial charge in [0.1, 0.15) is 0 Å². The minimum Gasteiger partial charge on any atom is -0.303 e. The van der Waals surface area contributed by atoms with Gasteiger partial charge in [-0.2, -0.15) is 5.10 Å². The first-order valence-corrected chi connectivity index (χ1v) is 11.2. The highest BCUT2D eigenvalue weighted by Crippen LogP contribution is 2.24. The fourth-order valence-electron chi connectivity index (χ4n) is 3.14. The molecule has 0 bridgehead atoms. The molecule has 4 nitrogen and oxygen atoms in total. The first-order valence-electron chi connectivity index (χ1n) is 10.3. The lowest BCUT2D eigenvalue weighted by atomic mass is 10.0. The predicted molar refractivity (Wildman–Crippen MR) is 124 cm³/mol. The molecule has 0 spiro atoms. The van der Waals surface area contributed by atoms with Gasteiger partial charge in [0, 0.05) is 0 Å². The molecule has 2 aromatic carbocycles. The molecule has 0 radical (unpaired) electrons. The van der Waals surface area contributed by atoms with Crippen molar-refractivity contribution in [2.75, 3.05) is 0 Å². The van der Waals surface area contributed by atoms with E-state index in [1.807, 2.05) is 12.1 Å². The maximum atomic E-state index is 12.3. The van der Waals surface area contributed by atoms with Gasteiger partial charge in [0.15, 0.2) is 5.17 Å². The Kier molecular flexibility index (Phi) is 7.64. The van der Waals surface area contributed by atoms with E-state index in [-0.39, 0.29) is 11.2 Å². The Hall–Kier alpha value is -2.40. The van der Waals surface area contributed by atoms with Crippen LogP contribution in [0.2, 0.25) is 0 Å². The molecule has 1 aliphatic rings. The zero-order valence-electron chi connectivity index (χ0n) is 17.4. The highest BCUT2D eigenvalue weighted by molar-refractivity contribution is 8.15. The van der Waals surface area contributed by atoms with Crippen LogP contribution in [0, 0.1) is 0 Å². The first-order chi connectivity index (χ1) is 14.0. The number of hydrogen-bond acceptors (Lipinski definition) is 4. The largest absolute Gasteiger partial charge is 0.303 e. The Bertz CT molecular complexity index is 870. The summed E-state index contributed by atoms with van der Waals surface area (Å²) in [6.07, 6.45) is 5.94. The molecule has 5 heteroatoms. The third kappa shape index (κ3) is 6.29. The zero-order valence-corrected chi connectivity index (χ0v) is 18.2. The van der Waals surface area contributed by atoms with Gasteiger partial charge in [0.05, 0.1) is 11.5 Å². The molecule has 29 heavy (non-hydrogen) atoms. The SMILES string of the molecule is CCCCc1ccc(C[C@@H]2S/C(=N/N=C\c3ccc(C(C)C)cc3)NC2=O)cc1. The molecule has 0 saturated carbocycles. The molecular weight excluding hydrogens is 378 g/mol. The normalized spacial score (nSPS) is 18.1. The number of carbonyl (C=O) groups excluding carboxylic acids is 1. The number of amidine groups is 1. The van der Waals surface area contributed by atoms with E-state index in [2.05, 4.69) is 72.7 Å². The second kappa shape index (κ2) is 10.4. The maximum absolute atomic E-state index is 12.3.